The van der Waals surface area contributed by atoms with Crippen LogP contribution in [0.4, 0.5) is 0 Å². The standard InChI is InChI=1S/C13H16N4O4S/c1-9-7-15-12(13(17-9)21-3)11-10(5-4-6-14-11)22(18,19)16-8-20-2/h4-7,16H,8H2,1-3H3. The van der Waals surface area contributed by atoms with Crippen molar-refractivity contribution in [2.24, 2.45) is 0 Å². The van der Waals surface area contributed by atoms with Crippen LogP contribution in [0.1, 0.15) is 5.69 Å². The summed E-state index contributed by atoms with van der Waals surface area (Å²) in [5.41, 5.74) is 1.07. The molecule has 0 radical (unpaired) electrons. The molecule has 2 aromatic heterocycles. The fraction of sp³-hybridized carbons (Fsp3) is 0.308. The van der Waals surface area contributed by atoms with Gasteiger partial charge in [-0.25, -0.2) is 18.4 Å². The normalized spacial score (nSPS) is 11.4. The Labute approximate surface area is 128 Å². The van der Waals surface area contributed by atoms with Gasteiger partial charge in [-0.3, -0.25) is 4.98 Å². The van der Waals surface area contributed by atoms with E-state index in [0.29, 0.717) is 5.69 Å². The van der Waals surface area contributed by atoms with Crippen molar-refractivity contribution in [2.75, 3.05) is 21.0 Å². The van der Waals surface area contributed by atoms with Crippen LogP contribution in [0.25, 0.3) is 11.4 Å². The molecule has 0 bridgehead atoms. The first-order chi connectivity index (χ1) is 10.5. The van der Waals surface area contributed by atoms with Crippen molar-refractivity contribution in [3.63, 3.8) is 0 Å². The van der Waals surface area contributed by atoms with E-state index in [-0.39, 0.29) is 28.9 Å². The van der Waals surface area contributed by atoms with Gasteiger partial charge in [-0.15, -0.1) is 0 Å². The highest BCUT2D eigenvalue weighted by atomic mass is 32.2. The van der Waals surface area contributed by atoms with E-state index in [1.165, 1.54) is 38.7 Å². The Morgan fingerprint density at radius 1 is 1.23 bits per heavy atom. The van der Waals surface area contributed by atoms with Crippen LogP contribution < -0.4 is 9.46 Å². The molecule has 0 spiro atoms. The number of aryl methyl sites for hydroxylation is 1. The van der Waals surface area contributed by atoms with E-state index in [9.17, 15) is 8.42 Å². The van der Waals surface area contributed by atoms with Gasteiger partial charge in [-0.2, -0.15) is 4.72 Å². The summed E-state index contributed by atoms with van der Waals surface area (Å²) in [7, 11) is -0.969. The van der Waals surface area contributed by atoms with Crippen LogP contribution in [0.5, 0.6) is 5.88 Å². The highest BCUT2D eigenvalue weighted by Gasteiger charge is 2.23. The summed E-state index contributed by atoms with van der Waals surface area (Å²) >= 11 is 0. The van der Waals surface area contributed by atoms with E-state index < -0.39 is 10.0 Å². The molecule has 0 saturated heterocycles. The minimum Gasteiger partial charge on any atom is -0.479 e. The molecule has 0 aliphatic heterocycles. The number of methoxy groups -OCH3 is 2. The summed E-state index contributed by atoms with van der Waals surface area (Å²) < 4.78 is 36.9. The molecular weight excluding hydrogens is 308 g/mol. The van der Waals surface area contributed by atoms with Crippen LogP contribution in [0.2, 0.25) is 0 Å². The largest absolute Gasteiger partial charge is 0.479 e. The lowest BCUT2D eigenvalue weighted by atomic mass is 10.2. The third-order valence-electron chi connectivity index (χ3n) is 2.73. The number of nitrogens with zero attached hydrogens (tertiary/aromatic N) is 3. The molecule has 2 heterocycles. The zero-order valence-electron chi connectivity index (χ0n) is 12.4. The predicted molar refractivity (Wildman–Crippen MR) is 78.7 cm³/mol. The van der Waals surface area contributed by atoms with Gasteiger partial charge in [0.05, 0.1) is 12.8 Å². The van der Waals surface area contributed by atoms with Crippen LogP contribution in [-0.4, -0.2) is 44.3 Å². The molecule has 22 heavy (non-hydrogen) atoms. The second-order valence-electron chi connectivity index (χ2n) is 4.30. The first kappa shape index (κ1) is 16.3. The average molecular weight is 324 g/mol. The van der Waals surface area contributed by atoms with Crippen LogP contribution in [-0.2, 0) is 14.8 Å². The quantitative estimate of drug-likeness (QED) is 0.781. The highest BCUT2D eigenvalue weighted by molar-refractivity contribution is 7.89. The number of ether oxygens (including phenoxy) is 2. The van der Waals surface area contributed by atoms with Crippen LogP contribution >= 0.6 is 0 Å². The van der Waals surface area contributed by atoms with Crippen LogP contribution in [0.3, 0.4) is 0 Å². The molecule has 0 atom stereocenters. The second-order valence-corrected chi connectivity index (χ2v) is 6.04. The van der Waals surface area contributed by atoms with E-state index in [2.05, 4.69) is 19.7 Å². The lowest BCUT2D eigenvalue weighted by Crippen LogP contribution is -2.26. The topological polar surface area (TPSA) is 103 Å². The molecular formula is C13H16N4O4S. The van der Waals surface area contributed by atoms with E-state index in [4.69, 9.17) is 9.47 Å². The first-order valence-corrected chi connectivity index (χ1v) is 7.79. The van der Waals surface area contributed by atoms with Crippen molar-refractivity contribution in [2.45, 2.75) is 11.8 Å². The summed E-state index contributed by atoms with van der Waals surface area (Å²) in [4.78, 5) is 12.5. The lowest BCUT2D eigenvalue weighted by Gasteiger charge is -2.11. The number of hydrogen-bond acceptors (Lipinski definition) is 7. The predicted octanol–water partition coefficient (Wildman–Crippen LogP) is 0.738. The molecule has 0 aliphatic rings. The molecule has 0 unspecified atom stereocenters. The third-order valence-corrected chi connectivity index (χ3v) is 4.14. The highest BCUT2D eigenvalue weighted by Crippen LogP contribution is 2.29. The molecule has 0 fully saturated rings. The van der Waals surface area contributed by atoms with Gasteiger partial charge in [0.25, 0.3) is 0 Å². The van der Waals surface area contributed by atoms with Crippen molar-refractivity contribution < 1.29 is 17.9 Å². The van der Waals surface area contributed by atoms with Gasteiger partial charge in [0.15, 0.2) is 5.69 Å². The van der Waals surface area contributed by atoms with Crippen LogP contribution in [0, 0.1) is 6.92 Å². The number of rotatable bonds is 6. The summed E-state index contributed by atoms with van der Waals surface area (Å²) in [6.07, 6.45) is 3.00. The van der Waals surface area contributed by atoms with Gasteiger partial charge in [0.2, 0.25) is 15.9 Å². The molecule has 0 amide bonds. The summed E-state index contributed by atoms with van der Waals surface area (Å²) in [5.74, 6) is 0.210. The SMILES string of the molecule is COCNS(=O)(=O)c1cccnc1-c1ncc(C)nc1OC. The first-order valence-electron chi connectivity index (χ1n) is 6.31. The molecule has 0 saturated carbocycles. The van der Waals surface area contributed by atoms with Gasteiger partial charge in [-0.05, 0) is 19.1 Å². The summed E-state index contributed by atoms with van der Waals surface area (Å²) in [6, 6.07) is 2.96. The third kappa shape index (κ3) is 3.38. The van der Waals surface area contributed by atoms with Gasteiger partial charge >= 0.3 is 0 Å². The second kappa shape index (κ2) is 6.77. The Morgan fingerprint density at radius 2 is 2.00 bits per heavy atom. The van der Waals surface area contributed by atoms with Crippen molar-refractivity contribution in [3.05, 3.63) is 30.2 Å². The number of hydrogen-bond donors (Lipinski definition) is 1. The van der Waals surface area contributed by atoms with Crippen LogP contribution in [0.15, 0.2) is 29.4 Å². The molecule has 1 N–H and O–H groups in total. The van der Waals surface area contributed by atoms with Gasteiger partial charge < -0.3 is 9.47 Å². The molecule has 2 rings (SSSR count). The van der Waals surface area contributed by atoms with Crippen molar-refractivity contribution in [1.29, 1.82) is 0 Å². The molecule has 2 aromatic rings. The maximum Gasteiger partial charge on any atom is 0.244 e. The zero-order chi connectivity index (χ0) is 16.2. The Morgan fingerprint density at radius 3 is 2.68 bits per heavy atom. The Kier molecular flexibility index (Phi) is 5.01. The van der Waals surface area contributed by atoms with Crippen molar-refractivity contribution in [1.82, 2.24) is 19.7 Å². The molecule has 0 aromatic carbocycles. The van der Waals surface area contributed by atoms with E-state index in [0.717, 1.165) is 0 Å². The minimum atomic E-state index is -3.80. The van der Waals surface area contributed by atoms with E-state index in [1.54, 1.807) is 6.92 Å². The Hall–Kier alpha value is -2.10. The maximum absolute atomic E-state index is 12.3. The Bertz CT molecular complexity index is 764. The smallest absolute Gasteiger partial charge is 0.244 e. The number of pyridine rings is 1. The average Bonchev–Trinajstić information content (AvgIpc) is 2.53. The number of sulfonamides is 1. The zero-order valence-corrected chi connectivity index (χ0v) is 13.2. The van der Waals surface area contributed by atoms with Crippen molar-refractivity contribution >= 4 is 10.0 Å². The molecule has 9 heteroatoms. The fourth-order valence-electron chi connectivity index (χ4n) is 1.76. The van der Waals surface area contributed by atoms with Gasteiger partial charge in [0.1, 0.15) is 17.3 Å². The van der Waals surface area contributed by atoms with Crippen molar-refractivity contribution in [3.8, 4) is 17.3 Å². The van der Waals surface area contributed by atoms with E-state index >= 15 is 0 Å². The lowest BCUT2D eigenvalue weighted by molar-refractivity contribution is 0.194. The van der Waals surface area contributed by atoms with Gasteiger partial charge in [0, 0.05) is 19.5 Å². The van der Waals surface area contributed by atoms with E-state index in [1.807, 2.05) is 0 Å². The number of aromatic nitrogens is 3. The minimum absolute atomic E-state index is 0.0245. The van der Waals surface area contributed by atoms with Gasteiger partial charge in [-0.1, -0.05) is 0 Å². The Balaban J connectivity index is 2.59. The number of nitrogens with one attached hydrogen (secondary N) is 1. The fourth-order valence-corrected chi connectivity index (χ4v) is 2.85. The molecule has 8 nitrogen and oxygen atoms in total. The summed E-state index contributed by atoms with van der Waals surface area (Å²) in [6.45, 7) is 1.61. The molecule has 118 valence electrons. The summed E-state index contributed by atoms with van der Waals surface area (Å²) in [5, 5.41) is 0. The monoisotopic (exact) mass is 324 g/mol. The molecule has 0 aliphatic carbocycles. The maximum atomic E-state index is 12.3.